The number of phenolic OH excluding ortho intramolecular Hbond substituents is 1. The number of aliphatic hydroxyl groups is 5. The van der Waals surface area contributed by atoms with Gasteiger partial charge in [0, 0.05) is 15.6 Å². The average Bonchev–Trinajstić information content (AvgIpc) is 3.60. The number of hydrogen-bond acceptors (Lipinski definition) is 12. The molecule has 15 heteroatoms. The Morgan fingerprint density at radius 3 is 2.28 bits per heavy atom. The maximum absolute atomic E-state index is 12.9. The molecule has 0 bridgehead atoms. The lowest BCUT2D eigenvalue weighted by atomic mass is 9.83. The largest absolute Gasteiger partial charge is 0.504 e. The molecular formula is C31H35Cl2NO12. The van der Waals surface area contributed by atoms with Gasteiger partial charge in [-0.1, -0.05) is 29.3 Å². The Labute approximate surface area is 274 Å². The lowest BCUT2D eigenvalue weighted by Gasteiger charge is -2.41. The number of ether oxygens (including phenoxy) is 5. The summed E-state index contributed by atoms with van der Waals surface area (Å²) in [6.45, 7) is 3.14. The minimum absolute atomic E-state index is 0.0465. The molecule has 10 atom stereocenters. The predicted molar refractivity (Wildman–Crippen MR) is 163 cm³/mol. The van der Waals surface area contributed by atoms with Crippen LogP contribution in [0.2, 0.25) is 10.0 Å². The summed E-state index contributed by atoms with van der Waals surface area (Å²) in [6, 6.07) is 7.81. The fourth-order valence-electron chi connectivity index (χ4n) is 5.50. The topological polar surface area (TPSA) is 197 Å². The van der Waals surface area contributed by atoms with E-state index in [2.05, 4.69) is 5.32 Å². The fraction of sp³-hybridized carbons (Fsp3) is 0.452. The molecule has 2 saturated heterocycles. The standard InChI is InChI=1S/C31H35Cl2NO12/c1-13(5-6-42-18-10-16(32)9-17(33)11-18)27-25(39)26(40)31(46-27)45-20-4-3-15(8-19(20)35)7-14(2)30(41)34-21-22(36)24(38)29-28(23(21)37)43-12-44-29/h3-5,7-11,21-29,31,35-40H,6,12H2,1-2H3,(H,34,41)/t21-,22+,23-,24-,25+,26+,27-,28+,29-,31-/m1/s1. The zero-order valence-corrected chi connectivity index (χ0v) is 26.2. The Morgan fingerprint density at radius 1 is 0.935 bits per heavy atom. The van der Waals surface area contributed by atoms with Gasteiger partial charge < -0.3 is 59.6 Å². The van der Waals surface area contributed by atoms with Crippen LogP contribution < -0.4 is 14.8 Å². The number of fused-ring (bicyclic) bond motifs is 1. The van der Waals surface area contributed by atoms with Crippen LogP contribution >= 0.6 is 23.2 Å². The smallest absolute Gasteiger partial charge is 0.247 e. The monoisotopic (exact) mass is 683 g/mol. The molecule has 2 aromatic carbocycles. The second-order valence-electron chi connectivity index (χ2n) is 11.3. The van der Waals surface area contributed by atoms with Crippen molar-refractivity contribution in [2.24, 2.45) is 0 Å². The molecule has 7 N–H and O–H groups in total. The van der Waals surface area contributed by atoms with Gasteiger partial charge in [-0.05, 0) is 67.5 Å². The van der Waals surface area contributed by atoms with Crippen molar-refractivity contribution in [3.05, 3.63) is 69.2 Å². The Bertz CT molecular complexity index is 1470. The van der Waals surface area contributed by atoms with Crippen molar-refractivity contribution >= 4 is 35.2 Å². The summed E-state index contributed by atoms with van der Waals surface area (Å²) < 4.78 is 27.6. The van der Waals surface area contributed by atoms with Gasteiger partial charge >= 0.3 is 0 Å². The fourth-order valence-corrected chi connectivity index (χ4v) is 6.01. The Kier molecular flexibility index (Phi) is 10.8. The number of benzene rings is 2. The number of carbonyl (C=O) groups excluding carboxylic acids is 1. The van der Waals surface area contributed by atoms with E-state index in [0.717, 1.165) is 0 Å². The van der Waals surface area contributed by atoms with Gasteiger partial charge in [-0.3, -0.25) is 4.79 Å². The van der Waals surface area contributed by atoms with Crippen LogP contribution in [0.25, 0.3) is 6.08 Å². The van der Waals surface area contributed by atoms with E-state index in [1.165, 1.54) is 31.2 Å². The molecule has 13 nitrogen and oxygen atoms in total. The predicted octanol–water partition coefficient (Wildman–Crippen LogP) is 1.28. The van der Waals surface area contributed by atoms with Crippen molar-refractivity contribution in [2.45, 2.75) is 75.0 Å². The van der Waals surface area contributed by atoms with Crippen LogP contribution in [0.5, 0.6) is 17.2 Å². The third-order valence-corrected chi connectivity index (χ3v) is 8.47. The highest BCUT2D eigenvalue weighted by Crippen LogP contribution is 2.34. The zero-order valence-electron chi connectivity index (χ0n) is 24.7. The first-order valence-electron chi connectivity index (χ1n) is 14.4. The summed E-state index contributed by atoms with van der Waals surface area (Å²) >= 11 is 12.0. The van der Waals surface area contributed by atoms with Gasteiger partial charge in [0.15, 0.2) is 11.5 Å². The summed E-state index contributed by atoms with van der Waals surface area (Å²) in [5.74, 6) is -0.563. The number of carbonyl (C=O) groups is 1. The van der Waals surface area contributed by atoms with Crippen LogP contribution in [0.3, 0.4) is 0 Å². The van der Waals surface area contributed by atoms with Crippen LogP contribution in [0.4, 0.5) is 0 Å². The summed E-state index contributed by atoms with van der Waals surface area (Å²) in [7, 11) is 0. The minimum atomic E-state index is -1.50. The van der Waals surface area contributed by atoms with Crippen LogP contribution in [0, 0.1) is 0 Å². The number of nitrogens with one attached hydrogen (secondary N) is 1. The van der Waals surface area contributed by atoms with Crippen LogP contribution in [0.15, 0.2) is 53.6 Å². The highest BCUT2D eigenvalue weighted by Gasteiger charge is 2.53. The van der Waals surface area contributed by atoms with E-state index in [1.807, 2.05) is 0 Å². The van der Waals surface area contributed by atoms with Crippen molar-refractivity contribution < 1.29 is 59.1 Å². The molecule has 0 unspecified atom stereocenters. The highest BCUT2D eigenvalue weighted by molar-refractivity contribution is 6.34. The van der Waals surface area contributed by atoms with E-state index >= 15 is 0 Å². The van der Waals surface area contributed by atoms with E-state index in [1.54, 1.807) is 31.2 Å². The number of amides is 1. The van der Waals surface area contributed by atoms with Gasteiger partial charge in [0.2, 0.25) is 12.2 Å². The molecule has 250 valence electrons. The first-order valence-corrected chi connectivity index (χ1v) is 15.1. The normalized spacial score (nSPS) is 33.1. The van der Waals surface area contributed by atoms with Crippen molar-refractivity contribution in [1.82, 2.24) is 5.32 Å². The molecule has 1 amide bonds. The van der Waals surface area contributed by atoms with E-state index in [-0.39, 0.29) is 30.5 Å². The number of phenols is 1. The SMILES string of the molecule is CC(=Cc1ccc(O[C@@H]2O[C@H](C(C)=CCOc3cc(Cl)cc(Cl)c3)[C@@H](O)[C@@H]2O)c(O)c1)C(=O)N[C@@H]1[C@H](O)[C@@H](O)[C@H]2OCO[C@H]2[C@@H]1O. The third-order valence-electron chi connectivity index (χ3n) is 8.03. The Morgan fingerprint density at radius 2 is 1.61 bits per heavy atom. The Hall–Kier alpha value is -2.95. The lowest BCUT2D eigenvalue weighted by molar-refractivity contribution is -0.155. The third kappa shape index (κ3) is 7.44. The summed E-state index contributed by atoms with van der Waals surface area (Å²) in [5.41, 5.74) is 1.13. The van der Waals surface area contributed by atoms with Crippen LogP contribution in [0.1, 0.15) is 19.4 Å². The molecule has 0 radical (unpaired) electrons. The maximum atomic E-state index is 12.9. The minimum Gasteiger partial charge on any atom is -0.504 e. The summed E-state index contributed by atoms with van der Waals surface area (Å²) in [6.07, 6.45) is -7.90. The molecule has 5 rings (SSSR count). The second-order valence-corrected chi connectivity index (χ2v) is 12.2. The molecule has 1 aliphatic carbocycles. The van der Waals surface area contributed by atoms with Crippen LogP contribution in [-0.2, 0) is 19.0 Å². The number of rotatable bonds is 9. The molecule has 2 aliphatic heterocycles. The molecule has 46 heavy (non-hydrogen) atoms. The molecule has 0 aromatic heterocycles. The molecule has 3 aliphatic rings. The number of aromatic hydroxyl groups is 1. The Balaban J connectivity index is 1.18. The quantitative estimate of drug-likeness (QED) is 0.148. The van der Waals surface area contributed by atoms with E-state index in [0.29, 0.717) is 26.9 Å². The molecular weight excluding hydrogens is 649 g/mol. The van der Waals surface area contributed by atoms with Crippen molar-refractivity contribution in [3.8, 4) is 17.2 Å². The number of halogens is 2. The van der Waals surface area contributed by atoms with Gasteiger partial charge in [0.25, 0.3) is 0 Å². The first-order chi connectivity index (χ1) is 21.8. The lowest BCUT2D eigenvalue weighted by Crippen LogP contribution is -2.67. The molecule has 3 fully saturated rings. The summed E-state index contributed by atoms with van der Waals surface area (Å²) in [5, 5.41) is 66.5. The van der Waals surface area contributed by atoms with E-state index < -0.39 is 67.1 Å². The van der Waals surface area contributed by atoms with Gasteiger partial charge in [-0.15, -0.1) is 0 Å². The molecule has 1 saturated carbocycles. The summed E-state index contributed by atoms with van der Waals surface area (Å²) in [4.78, 5) is 12.9. The van der Waals surface area contributed by atoms with Gasteiger partial charge in [-0.25, -0.2) is 0 Å². The van der Waals surface area contributed by atoms with Crippen molar-refractivity contribution in [2.75, 3.05) is 13.4 Å². The first kappa shape index (κ1) is 34.4. The number of aliphatic hydroxyl groups excluding tert-OH is 5. The number of hydrogen-bond donors (Lipinski definition) is 7. The van der Waals surface area contributed by atoms with E-state index in [4.69, 9.17) is 46.9 Å². The van der Waals surface area contributed by atoms with E-state index in [9.17, 15) is 35.4 Å². The van der Waals surface area contributed by atoms with Gasteiger partial charge in [-0.2, -0.15) is 0 Å². The van der Waals surface area contributed by atoms with Gasteiger partial charge in [0.05, 0.1) is 6.04 Å². The highest BCUT2D eigenvalue weighted by atomic mass is 35.5. The zero-order chi connectivity index (χ0) is 33.3. The second kappa shape index (κ2) is 14.4. The van der Waals surface area contributed by atoms with Crippen molar-refractivity contribution in [1.29, 1.82) is 0 Å². The molecule has 2 heterocycles. The van der Waals surface area contributed by atoms with Gasteiger partial charge in [0.1, 0.15) is 68.0 Å². The average molecular weight is 685 g/mol. The van der Waals surface area contributed by atoms with Crippen LogP contribution in [-0.4, -0.2) is 111 Å². The molecule has 2 aromatic rings. The van der Waals surface area contributed by atoms with Crippen molar-refractivity contribution in [3.63, 3.8) is 0 Å². The molecule has 0 spiro atoms. The maximum Gasteiger partial charge on any atom is 0.247 e.